The minimum atomic E-state index is 0.0281. The van der Waals surface area contributed by atoms with E-state index in [9.17, 15) is 4.79 Å². The monoisotopic (exact) mass is 428 g/mol. The Bertz CT molecular complexity index is 1060. The fourth-order valence-electron chi connectivity index (χ4n) is 4.38. The number of aromatic nitrogens is 2. The van der Waals surface area contributed by atoms with Gasteiger partial charge in [0.2, 0.25) is 5.95 Å². The molecule has 3 aromatic rings. The highest BCUT2D eigenvalue weighted by Crippen LogP contribution is 2.28. The third kappa shape index (κ3) is 4.36. The lowest BCUT2D eigenvalue weighted by Crippen LogP contribution is -2.38. The summed E-state index contributed by atoms with van der Waals surface area (Å²) in [7, 11) is 0. The molecule has 2 aliphatic heterocycles. The molecule has 164 valence electrons. The lowest BCUT2D eigenvalue weighted by molar-refractivity contribution is 0.0724. The molecule has 1 amide bonds. The molecular weight excluding hydrogens is 400 g/mol. The number of hydrogen-bond donors (Lipinski definition) is 0. The van der Waals surface area contributed by atoms with E-state index in [0.717, 1.165) is 50.1 Å². The number of piperidine rings is 1. The standard InChI is InChI=1S/C26H28N4O2/c31-25(29-13-5-2-6-14-29)23-19-27-26(30-15-17-32-18-16-30)28-24(23)22-11-9-21(10-12-22)20-7-3-1-4-8-20/h1,3-4,7-12,19H,2,5-6,13-18H2. The number of benzene rings is 2. The first-order valence-electron chi connectivity index (χ1n) is 11.4. The summed E-state index contributed by atoms with van der Waals surface area (Å²) in [5, 5.41) is 0. The first-order valence-corrected chi connectivity index (χ1v) is 11.4. The molecule has 6 nitrogen and oxygen atoms in total. The topological polar surface area (TPSA) is 58.6 Å². The van der Waals surface area contributed by atoms with Crippen molar-refractivity contribution in [2.75, 3.05) is 44.3 Å². The average Bonchev–Trinajstić information content (AvgIpc) is 2.89. The molecule has 0 bridgehead atoms. The van der Waals surface area contributed by atoms with E-state index in [-0.39, 0.29) is 5.91 Å². The maximum Gasteiger partial charge on any atom is 0.257 e. The third-order valence-corrected chi connectivity index (χ3v) is 6.21. The van der Waals surface area contributed by atoms with Crippen LogP contribution in [0.5, 0.6) is 0 Å². The lowest BCUT2D eigenvalue weighted by atomic mass is 10.0. The molecule has 0 N–H and O–H groups in total. The van der Waals surface area contributed by atoms with E-state index in [1.807, 2.05) is 23.1 Å². The smallest absolute Gasteiger partial charge is 0.257 e. The predicted molar refractivity (Wildman–Crippen MR) is 126 cm³/mol. The predicted octanol–water partition coefficient (Wildman–Crippen LogP) is 4.27. The van der Waals surface area contributed by atoms with Gasteiger partial charge in [0.1, 0.15) is 0 Å². The van der Waals surface area contributed by atoms with E-state index < -0.39 is 0 Å². The van der Waals surface area contributed by atoms with Crippen LogP contribution in [0.1, 0.15) is 29.6 Å². The van der Waals surface area contributed by atoms with Gasteiger partial charge in [0.05, 0.1) is 24.5 Å². The van der Waals surface area contributed by atoms with Crippen molar-refractivity contribution in [2.24, 2.45) is 0 Å². The Balaban J connectivity index is 1.52. The average molecular weight is 429 g/mol. The molecule has 0 radical (unpaired) electrons. The molecule has 0 aliphatic carbocycles. The highest BCUT2D eigenvalue weighted by atomic mass is 16.5. The summed E-state index contributed by atoms with van der Waals surface area (Å²) in [6.07, 6.45) is 5.01. The number of carbonyl (C=O) groups excluding carboxylic acids is 1. The van der Waals surface area contributed by atoms with Crippen molar-refractivity contribution in [3.8, 4) is 22.4 Å². The molecule has 0 spiro atoms. The molecule has 0 atom stereocenters. The van der Waals surface area contributed by atoms with Gasteiger partial charge in [0, 0.05) is 37.9 Å². The molecule has 3 heterocycles. The molecule has 0 unspecified atom stereocenters. The van der Waals surface area contributed by atoms with Crippen LogP contribution in [0.3, 0.4) is 0 Å². The Labute approximate surface area is 188 Å². The van der Waals surface area contributed by atoms with Crippen LogP contribution in [0.2, 0.25) is 0 Å². The molecule has 6 heteroatoms. The fraction of sp³-hybridized carbons (Fsp3) is 0.346. The van der Waals surface area contributed by atoms with Gasteiger partial charge >= 0.3 is 0 Å². The van der Waals surface area contributed by atoms with Gasteiger partial charge in [-0.3, -0.25) is 4.79 Å². The second kappa shape index (κ2) is 9.49. The van der Waals surface area contributed by atoms with Gasteiger partial charge in [0.25, 0.3) is 5.91 Å². The van der Waals surface area contributed by atoms with E-state index in [4.69, 9.17) is 9.72 Å². The van der Waals surface area contributed by atoms with Crippen LogP contribution in [0.25, 0.3) is 22.4 Å². The summed E-state index contributed by atoms with van der Waals surface area (Å²) < 4.78 is 5.47. The van der Waals surface area contributed by atoms with Gasteiger partial charge in [-0.25, -0.2) is 9.97 Å². The summed E-state index contributed by atoms with van der Waals surface area (Å²) in [5.41, 5.74) is 4.52. The van der Waals surface area contributed by atoms with Crippen LogP contribution in [-0.4, -0.2) is 60.2 Å². The van der Waals surface area contributed by atoms with Crippen molar-refractivity contribution >= 4 is 11.9 Å². The number of hydrogen-bond acceptors (Lipinski definition) is 5. The van der Waals surface area contributed by atoms with E-state index in [2.05, 4.69) is 46.3 Å². The van der Waals surface area contributed by atoms with Crippen molar-refractivity contribution in [3.63, 3.8) is 0 Å². The van der Waals surface area contributed by atoms with E-state index in [1.165, 1.54) is 12.0 Å². The van der Waals surface area contributed by atoms with E-state index in [1.54, 1.807) is 6.20 Å². The molecule has 0 saturated carbocycles. The number of likely N-dealkylation sites (tertiary alicyclic amines) is 1. The van der Waals surface area contributed by atoms with Crippen molar-refractivity contribution in [3.05, 3.63) is 66.4 Å². The van der Waals surface area contributed by atoms with Crippen LogP contribution in [0.4, 0.5) is 5.95 Å². The highest BCUT2D eigenvalue weighted by molar-refractivity contribution is 6.00. The zero-order valence-corrected chi connectivity index (χ0v) is 18.2. The van der Waals surface area contributed by atoms with Gasteiger partial charge < -0.3 is 14.5 Å². The van der Waals surface area contributed by atoms with Gasteiger partial charge in [-0.2, -0.15) is 0 Å². The molecule has 32 heavy (non-hydrogen) atoms. The summed E-state index contributed by atoms with van der Waals surface area (Å²) in [6, 6.07) is 18.6. The Hall–Kier alpha value is -3.25. The van der Waals surface area contributed by atoms with Gasteiger partial charge in [0.15, 0.2) is 0 Å². The number of anilines is 1. The van der Waals surface area contributed by atoms with Crippen molar-refractivity contribution in [2.45, 2.75) is 19.3 Å². The number of amides is 1. The SMILES string of the molecule is O=C(c1cnc(N2CCOCC2)nc1-c1ccc(-c2ccccc2)cc1)N1CCCCC1. The Kier molecular flexibility index (Phi) is 6.12. The number of ether oxygens (including phenoxy) is 1. The second-order valence-corrected chi connectivity index (χ2v) is 8.33. The maximum absolute atomic E-state index is 13.4. The maximum atomic E-state index is 13.4. The quantitative estimate of drug-likeness (QED) is 0.621. The lowest BCUT2D eigenvalue weighted by Gasteiger charge is -2.29. The summed E-state index contributed by atoms with van der Waals surface area (Å²) in [4.78, 5) is 26.9. The minimum Gasteiger partial charge on any atom is -0.378 e. The van der Waals surface area contributed by atoms with Crippen molar-refractivity contribution < 1.29 is 9.53 Å². The van der Waals surface area contributed by atoms with Crippen LogP contribution in [-0.2, 0) is 4.74 Å². The minimum absolute atomic E-state index is 0.0281. The normalized spacial score (nSPS) is 16.8. The number of rotatable bonds is 4. The van der Waals surface area contributed by atoms with Gasteiger partial charge in [-0.15, -0.1) is 0 Å². The molecule has 2 aromatic carbocycles. The van der Waals surface area contributed by atoms with Gasteiger partial charge in [-0.05, 0) is 30.4 Å². The highest BCUT2D eigenvalue weighted by Gasteiger charge is 2.24. The molecule has 2 aliphatic rings. The molecule has 2 saturated heterocycles. The van der Waals surface area contributed by atoms with Crippen LogP contribution in [0.15, 0.2) is 60.8 Å². The Morgan fingerprint density at radius 2 is 1.44 bits per heavy atom. The number of nitrogens with zero attached hydrogens (tertiary/aromatic N) is 4. The molecular formula is C26H28N4O2. The van der Waals surface area contributed by atoms with E-state index >= 15 is 0 Å². The number of carbonyl (C=O) groups is 1. The zero-order valence-electron chi connectivity index (χ0n) is 18.2. The zero-order chi connectivity index (χ0) is 21.8. The first-order chi connectivity index (χ1) is 15.8. The van der Waals surface area contributed by atoms with Crippen LogP contribution < -0.4 is 4.90 Å². The van der Waals surface area contributed by atoms with Crippen LogP contribution in [0, 0.1) is 0 Å². The van der Waals surface area contributed by atoms with Gasteiger partial charge in [-0.1, -0.05) is 54.6 Å². The van der Waals surface area contributed by atoms with E-state index in [0.29, 0.717) is 30.4 Å². The Morgan fingerprint density at radius 1 is 0.781 bits per heavy atom. The largest absolute Gasteiger partial charge is 0.378 e. The van der Waals surface area contributed by atoms with Crippen molar-refractivity contribution in [1.82, 2.24) is 14.9 Å². The molecule has 2 fully saturated rings. The Morgan fingerprint density at radius 3 is 2.16 bits per heavy atom. The third-order valence-electron chi connectivity index (χ3n) is 6.21. The molecule has 5 rings (SSSR count). The first kappa shape index (κ1) is 20.6. The number of morpholine rings is 1. The summed E-state index contributed by atoms with van der Waals surface area (Å²) >= 11 is 0. The van der Waals surface area contributed by atoms with Crippen LogP contribution >= 0.6 is 0 Å². The second-order valence-electron chi connectivity index (χ2n) is 8.33. The van der Waals surface area contributed by atoms with Crippen molar-refractivity contribution in [1.29, 1.82) is 0 Å². The fourth-order valence-corrected chi connectivity index (χ4v) is 4.38. The summed E-state index contributed by atoms with van der Waals surface area (Å²) in [6.45, 7) is 4.45. The summed E-state index contributed by atoms with van der Waals surface area (Å²) in [5.74, 6) is 0.686. The molecule has 1 aromatic heterocycles.